The largest absolute Gasteiger partial charge is 0.475 e. The molecular weight excluding hydrogens is 306 g/mol. The number of amides is 1. The molecule has 0 radical (unpaired) electrons. The number of carbonyl (C=O) groups excluding carboxylic acids is 1. The van der Waals surface area contributed by atoms with Crippen molar-refractivity contribution in [3.05, 3.63) is 58.5 Å². The minimum Gasteiger partial charge on any atom is -0.475 e. The average Bonchev–Trinajstić information content (AvgIpc) is 3.20. The van der Waals surface area contributed by atoms with Gasteiger partial charge >= 0.3 is 5.97 Å². The molecule has 1 saturated carbocycles. The van der Waals surface area contributed by atoms with E-state index in [0.29, 0.717) is 10.9 Å². The summed E-state index contributed by atoms with van der Waals surface area (Å²) in [5.41, 5.74) is 0.977. The van der Waals surface area contributed by atoms with E-state index >= 15 is 0 Å². The van der Waals surface area contributed by atoms with Crippen LogP contribution in [0.2, 0.25) is 5.02 Å². The van der Waals surface area contributed by atoms with Gasteiger partial charge in [0.15, 0.2) is 5.76 Å². The monoisotopic (exact) mass is 319 g/mol. The minimum absolute atomic E-state index is 0.00277. The van der Waals surface area contributed by atoms with Crippen LogP contribution in [0, 0.1) is 5.92 Å². The van der Waals surface area contributed by atoms with E-state index in [4.69, 9.17) is 21.1 Å². The van der Waals surface area contributed by atoms with Crippen LogP contribution in [0.5, 0.6) is 0 Å². The molecule has 6 heteroatoms. The Morgan fingerprint density at radius 2 is 1.77 bits per heavy atom. The lowest BCUT2D eigenvalue weighted by Gasteiger charge is -2.18. The van der Waals surface area contributed by atoms with Crippen molar-refractivity contribution in [3.63, 3.8) is 0 Å². The number of hydrogen-bond donors (Lipinski definition) is 2. The van der Waals surface area contributed by atoms with Crippen molar-refractivity contribution in [2.75, 3.05) is 0 Å². The van der Waals surface area contributed by atoms with Crippen LogP contribution in [0.3, 0.4) is 0 Å². The number of halogens is 1. The second-order valence-electron chi connectivity index (χ2n) is 5.31. The molecule has 0 spiro atoms. The van der Waals surface area contributed by atoms with Crippen LogP contribution in [-0.2, 0) is 0 Å². The van der Waals surface area contributed by atoms with Crippen LogP contribution < -0.4 is 5.32 Å². The minimum atomic E-state index is -1.20. The summed E-state index contributed by atoms with van der Waals surface area (Å²) in [5, 5.41) is 12.4. The lowest BCUT2D eigenvalue weighted by atomic mass is 10.0. The molecule has 1 fully saturated rings. The van der Waals surface area contributed by atoms with Crippen LogP contribution in [0.4, 0.5) is 0 Å². The molecule has 1 unspecified atom stereocenters. The SMILES string of the molecule is O=C(O)c1ccc(C(=O)NC(c2ccc(Cl)cc2)C2CC2)o1. The van der Waals surface area contributed by atoms with Crippen molar-refractivity contribution in [3.8, 4) is 0 Å². The first-order chi connectivity index (χ1) is 10.5. The molecule has 0 saturated heterocycles. The van der Waals surface area contributed by atoms with Crippen LogP contribution in [0.15, 0.2) is 40.8 Å². The Bertz CT molecular complexity index is 703. The van der Waals surface area contributed by atoms with E-state index in [-0.39, 0.29) is 17.6 Å². The number of furan rings is 1. The van der Waals surface area contributed by atoms with Gasteiger partial charge in [-0.05, 0) is 48.6 Å². The fourth-order valence-electron chi connectivity index (χ4n) is 2.36. The summed E-state index contributed by atoms with van der Waals surface area (Å²) in [6.07, 6.45) is 2.10. The van der Waals surface area contributed by atoms with Gasteiger partial charge < -0.3 is 14.8 Å². The molecule has 1 amide bonds. The molecule has 1 aromatic heterocycles. The predicted octanol–water partition coefficient (Wildman–Crippen LogP) is 3.51. The molecule has 2 N–H and O–H groups in total. The molecule has 5 nitrogen and oxygen atoms in total. The van der Waals surface area contributed by atoms with Crippen LogP contribution >= 0.6 is 11.6 Å². The number of aromatic carboxylic acids is 1. The first-order valence-corrected chi connectivity index (χ1v) is 7.32. The molecular formula is C16H14ClNO4. The zero-order valence-electron chi connectivity index (χ0n) is 11.6. The molecule has 3 rings (SSSR count). The maximum absolute atomic E-state index is 12.2. The highest BCUT2D eigenvalue weighted by Gasteiger charge is 2.34. The van der Waals surface area contributed by atoms with E-state index in [1.165, 1.54) is 12.1 Å². The third-order valence-corrected chi connectivity index (χ3v) is 3.90. The fourth-order valence-corrected chi connectivity index (χ4v) is 2.49. The average molecular weight is 320 g/mol. The molecule has 1 aliphatic rings. The van der Waals surface area contributed by atoms with E-state index in [0.717, 1.165) is 18.4 Å². The van der Waals surface area contributed by atoms with Gasteiger partial charge in [-0.15, -0.1) is 0 Å². The van der Waals surface area contributed by atoms with Crippen molar-refractivity contribution < 1.29 is 19.1 Å². The standard InChI is InChI=1S/C16H14ClNO4/c17-11-5-3-10(4-6-11)14(9-1-2-9)18-15(19)12-7-8-13(22-12)16(20)21/h3-9,14H,1-2H2,(H,18,19)(H,20,21). The van der Waals surface area contributed by atoms with E-state index < -0.39 is 11.9 Å². The van der Waals surface area contributed by atoms with E-state index in [2.05, 4.69) is 5.32 Å². The third-order valence-electron chi connectivity index (χ3n) is 3.65. The van der Waals surface area contributed by atoms with Gasteiger partial charge in [0.2, 0.25) is 5.76 Å². The molecule has 1 aliphatic carbocycles. The first kappa shape index (κ1) is 14.7. The lowest BCUT2D eigenvalue weighted by Crippen LogP contribution is -2.29. The Morgan fingerprint density at radius 1 is 1.14 bits per heavy atom. The Balaban J connectivity index is 1.77. The van der Waals surface area contributed by atoms with Gasteiger partial charge in [0, 0.05) is 5.02 Å². The number of hydrogen-bond acceptors (Lipinski definition) is 3. The van der Waals surface area contributed by atoms with Crippen molar-refractivity contribution in [2.24, 2.45) is 5.92 Å². The Kier molecular flexibility index (Phi) is 3.90. The van der Waals surface area contributed by atoms with Crippen molar-refractivity contribution in [2.45, 2.75) is 18.9 Å². The topological polar surface area (TPSA) is 79.5 Å². The zero-order chi connectivity index (χ0) is 15.7. The predicted molar refractivity (Wildman–Crippen MR) is 80.1 cm³/mol. The Hall–Kier alpha value is -2.27. The number of carboxylic acids is 1. The second kappa shape index (κ2) is 5.85. The summed E-state index contributed by atoms with van der Waals surface area (Å²) in [6, 6.07) is 9.85. The van der Waals surface area contributed by atoms with E-state index in [1.54, 1.807) is 12.1 Å². The van der Waals surface area contributed by atoms with Crippen LogP contribution in [0.1, 0.15) is 45.6 Å². The maximum atomic E-state index is 12.2. The normalized spacial score (nSPS) is 15.3. The highest BCUT2D eigenvalue weighted by molar-refractivity contribution is 6.30. The van der Waals surface area contributed by atoms with Gasteiger partial charge in [-0.25, -0.2) is 4.79 Å². The quantitative estimate of drug-likeness (QED) is 0.883. The smallest absolute Gasteiger partial charge is 0.371 e. The van der Waals surface area contributed by atoms with Crippen LogP contribution in [-0.4, -0.2) is 17.0 Å². The molecule has 0 bridgehead atoms. The van der Waals surface area contributed by atoms with Crippen molar-refractivity contribution in [1.29, 1.82) is 0 Å². The zero-order valence-corrected chi connectivity index (χ0v) is 12.3. The highest BCUT2D eigenvalue weighted by atomic mass is 35.5. The fraction of sp³-hybridized carbons (Fsp3) is 0.250. The Morgan fingerprint density at radius 3 is 2.32 bits per heavy atom. The maximum Gasteiger partial charge on any atom is 0.371 e. The first-order valence-electron chi connectivity index (χ1n) is 6.94. The third kappa shape index (κ3) is 3.14. The Labute approximate surface area is 131 Å². The van der Waals surface area contributed by atoms with Gasteiger partial charge in [0.25, 0.3) is 5.91 Å². The van der Waals surface area contributed by atoms with Gasteiger partial charge in [-0.3, -0.25) is 4.79 Å². The molecule has 1 aromatic carbocycles. The molecule has 114 valence electrons. The number of rotatable bonds is 5. The van der Waals surface area contributed by atoms with Crippen molar-refractivity contribution >= 4 is 23.5 Å². The molecule has 2 aromatic rings. The van der Waals surface area contributed by atoms with E-state index in [1.807, 2.05) is 12.1 Å². The second-order valence-corrected chi connectivity index (χ2v) is 5.75. The number of carbonyl (C=O) groups is 2. The molecule has 1 atom stereocenters. The summed E-state index contributed by atoms with van der Waals surface area (Å²) in [4.78, 5) is 23.0. The molecule has 1 heterocycles. The number of carboxylic acid groups (broad SMARTS) is 1. The molecule has 0 aliphatic heterocycles. The van der Waals surface area contributed by atoms with Gasteiger partial charge in [-0.2, -0.15) is 0 Å². The van der Waals surface area contributed by atoms with E-state index in [9.17, 15) is 9.59 Å². The van der Waals surface area contributed by atoms with Gasteiger partial charge in [0.05, 0.1) is 6.04 Å². The summed E-state index contributed by atoms with van der Waals surface area (Å²) in [5.74, 6) is -1.48. The van der Waals surface area contributed by atoms with Gasteiger partial charge in [0.1, 0.15) is 0 Å². The summed E-state index contributed by atoms with van der Waals surface area (Å²) in [7, 11) is 0. The summed E-state index contributed by atoms with van der Waals surface area (Å²) < 4.78 is 5.03. The van der Waals surface area contributed by atoms with Gasteiger partial charge in [-0.1, -0.05) is 23.7 Å². The molecule has 22 heavy (non-hydrogen) atoms. The summed E-state index contributed by atoms with van der Waals surface area (Å²) >= 11 is 5.89. The van der Waals surface area contributed by atoms with Crippen LogP contribution in [0.25, 0.3) is 0 Å². The highest BCUT2D eigenvalue weighted by Crippen LogP contribution is 2.41. The van der Waals surface area contributed by atoms with Crippen molar-refractivity contribution in [1.82, 2.24) is 5.32 Å². The summed E-state index contributed by atoms with van der Waals surface area (Å²) in [6.45, 7) is 0. The number of nitrogens with one attached hydrogen (secondary N) is 1. The lowest BCUT2D eigenvalue weighted by molar-refractivity contribution is 0.0659. The number of benzene rings is 1.